The summed E-state index contributed by atoms with van der Waals surface area (Å²) >= 11 is 0. The molecule has 0 aliphatic heterocycles. The Bertz CT molecular complexity index is 728. The van der Waals surface area contributed by atoms with Crippen LogP contribution in [0.2, 0.25) is 0 Å². The molecule has 0 aliphatic carbocycles. The van der Waals surface area contributed by atoms with Crippen molar-refractivity contribution in [3.05, 3.63) is 59.7 Å². The van der Waals surface area contributed by atoms with Crippen molar-refractivity contribution in [1.29, 1.82) is 0 Å². The lowest BCUT2D eigenvalue weighted by atomic mass is 10.1. The van der Waals surface area contributed by atoms with E-state index in [1.807, 2.05) is 6.92 Å². The first-order valence-electron chi connectivity index (χ1n) is 7.80. The van der Waals surface area contributed by atoms with E-state index in [-0.39, 0.29) is 23.9 Å². The van der Waals surface area contributed by atoms with Gasteiger partial charge in [0.1, 0.15) is 0 Å². The quantitative estimate of drug-likeness (QED) is 0.738. The van der Waals surface area contributed by atoms with Gasteiger partial charge in [-0.2, -0.15) is 13.2 Å². The number of anilines is 2. The van der Waals surface area contributed by atoms with Gasteiger partial charge in [-0.05, 0) is 36.8 Å². The second-order valence-corrected chi connectivity index (χ2v) is 5.51. The molecule has 1 amide bonds. The molecule has 1 unspecified atom stereocenters. The number of aliphatic hydroxyl groups is 1. The number of carbonyl (C=O) groups is 1. The van der Waals surface area contributed by atoms with Crippen LogP contribution in [0.15, 0.2) is 48.5 Å². The summed E-state index contributed by atoms with van der Waals surface area (Å²) in [6.45, 7) is 1.64. The average molecular weight is 352 g/mol. The fraction of sp³-hybridized carbons (Fsp3) is 0.278. The van der Waals surface area contributed by atoms with E-state index in [0.717, 1.165) is 12.1 Å². The maximum absolute atomic E-state index is 12.8. The SMILES string of the molecule is CCC(CO)NC(=O)c1ccccc1Nc1cccc(C(F)(F)F)c1. The zero-order chi connectivity index (χ0) is 18.4. The van der Waals surface area contributed by atoms with Crippen LogP contribution in [0.5, 0.6) is 0 Å². The Morgan fingerprint density at radius 3 is 2.52 bits per heavy atom. The van der Waals surface area contributed by atoms with E-state index in [1.165, 1.54) is 12.1 Å². The molecule has 0 radical (unpaired) electrons. The van der Waals surface area contributed by atoms with Gasteiger partial charge >= 0.3 is 6.18 Å². The average Bonchev–Trinajstić information content (AvgIpc) is 2.59. The molecule has 25 heavy (non-hydrogen) atoms. The minimum absolute atomic E-state index is 0.189. The van der Waals surface area contributed by atoms with Gasteiger partial charge in [-0.15, -0.1) is 0 Å². The van der Waals surface area contributed by atoms with Crippen LogP contribution in [0.4, 0.5) is 24.5 Å². The molecule has 2 aromatic carbocycles. The molecule has 0 bridgehead atoms. The fourth-order valence-electron chi connectivity index (χ4n) is 2.26. The fourth-order valence-corrected chi connectivity index (χ4v) is 2.26. The number of amides is 1. The first-order chi connectivity index (χ1) is 11.8. The Hall–Kier alpha value is -2.54. The summed E-state index contributed by atoms with van der Waals surface area (Å²) in [5.41, 5.74) is 0.119. The Morgan fingerprint density at radius 2 is 1.88 bits per heavy atom. The molecule has 0 spiro atoms. The molecule has 0 fully saturated rings. The normalized spacial score (nSPS) is 12.5. The number of hydrogen-bond acceptors (Lipinski definition) is 3. The lowest BCUT2D eigenvalue weighted by Gasteiger charge is -2.17. The highest BCUT2D eigenvalue weighted by atomic mass is 19.4. The number of carbonyl (C=O) groups excluding carboxylic acids is 1. The van der Waals surface area contributed by atoms with Gasteiger partial charge in [0.25, 0.3) is 5.91 Å². The number of halogens is 3. The van der Waals surface area contributed by atoms with Crippen LogP contribution in [0.3, 0.4) is 0 Å². The molecule has 1 atom stereocenters. The lowest BCUT2D eigenvalue weighted by molar-refractivity contribution is -0.137. The van der Waals surface area contributed by atoms with Gasteiger partial charge in [-0.1, -0.05) is 25.1 Å². The summed E-state index contributed by atoms with van der Waals surface area (Å²) in [4.78, 5) is 12.4. The van der Waals surface area contributed by atoms with Gasteiger partial charge in [-0.25, -0.2) is 0 Å². The second-order valence-electron chi connectivity index (χ2n) is 5.51. The van der Waals surface area contributed by atoms with Crippen molar-refractivity contribution in [2.45, 2.75) is 25.6 Å². The summed E-state index contributed by atoms with van der Waals surface area (Å²) in [7, 11) is 0. The largest absolute Gasteiger partial charge is 0.416 e. The summed E-state index contributed by atoms with van der Waals surface area (Å²) in [6.07, 6.45) is -3.88. The zero-order valence-corrected chi connectivity index (χ0v) is 13.6. The highest BCUT2D eigenvalue weighted by Gasteiger charge is 2.30. The molecule has 7 heteroatoms. The van der Waals surface area contributed by atoms with Gasteiger partial charge in [0.2, 0.25) is 0 Å². The van der Waals surface area contributed by atoms with Crippen LogP contribution < -0.4 is 10.6 Å². The first-order valence-corrected chi connectivity index (χ1v) is 7.80. The number of hydrogen-bond donors (Lipinski definition) is 3. The summed E-state index contributed by atoms with van der Waals surface area (Å²) in [5.74, 6) is -0.407. The number of para-hydroxylation sites is 1. The predicted molar refractivity (Wildman–Crippen MR) is 89.8 cm³/mol. The molecule has 2 aromatic rings. The van der Waals surface area contributed by atoms with Gasteiger partial charge < -0.3 is 15.7 Å². The van der Waals surface area contributed by atoms with Crippen molar-refractivity contribution in [2.75, 3.05) is 11.9 Å². The highest BCUT2D eigenvalue weighted by Crippen LogP contribution is 2.31. The minimum Gasteiger partial charge on any atom is -0.394 e. The van der Waals surface area contributed by atoms with E-state index in [9.17, 15) is 23.1 Å². The van der Waals surface area contributed by atoms with E-state index in [1.54, 1.807) is 24.3 Å². The molecule has 0 heterocycles. The van der Waals surface area contributed by atoms with Crippen molar-refractivity contribution in [1.82, 2.24) is 5.32 Å². The first kappa shape index (κ1) is 18.8. The van der Waals surface area contributed by atoms with E-state index in [0.29, 0.717) is 12.1 Å². The molecule has 0 aromatic heterocycles. The van der Waals surface area contributed by atoms with Crippen LogP contribution in [0.25, 0.3) is 0 Å². The molecule has 2 rings (SSSR count). The third-order valence-corrected chi connectivity index (χ3v) is 3.69. The maximum atomic E-state index is 12.8. The Balaban J connectivity index is 2.25. The number of aliphatic hydroxyl groups excluding tert-OH is 1. The van der Waals surface area contributed by atoms with Gasteiger partial charge in [0.05, 0.1) is 29.5 Å². The van der Waals surface area contributed by atoms with Crippen molar-refractivity contribution < 1.29 is 23.1 Å². The van der Waals surface area contributed by atoms with Crippen LogP contribution in [0, 0.1) is 0 Å². The smallest absolute Gasteiger partial charge is 0.394 e. The van der Waals surface area contributed by atoms with Crippen molar-refractivity contribution in [3.8, 4) is 0 Å². The third kappa shape index (κ3) is 4.96. The van der Waals surface area contributed by atoms with Crippen LogP contribution in [0.1, 0.15) is 29.3 Å². The van der Waals surface area contributed by atoms with Crippen LogP contribution >= 0.6 is 0 Å². The molecule has 0 saturated heterocycles. The molecular weight excluding hydrogens is 333 g/mol. The number of rotatable bonds is 6. The van der Waals surface area contributed by atoms with Gasteiger partial charge in [0, 0.05) is 5.69 Å². The predicted octanol–water partition coefficient (Wildman–Crippen LogP) is 3.95. The molecule has 4 nitrogen and oxygen atoms in total. The van der Waals surface area contributed by atoms with Gasteiger partial charge in [-0.3, -0.25) is 4.79 Å². The Labute approximate surface area is 143 Å². The summed E-state index contributed by atoms with van der Waals surface area (Å²) in [5, 5.41) is 14.7. The monoisotopic (exact) mass is 352 g/mol. The van der Waals surface area contributed by atoms with Crippen LogP contribution in [-0.4, -0.2) is 23.7 Å². The zero-order valence-electron chi connectivity index (χ0n) is 13.6. The molecular formula is C18H19F3N2O2. The number of nitrogens with one attached hydrogen (secondary N) is 2. The molecule has 3 N–H and O–H groups in total. The van der Waals surface area contributed by atoms with Crippen molar-refractivity contribution in [3.63, 3.8) is 0 Å². The molecule has 0 saturated carbocycles. The number of alkyl halides is 3. The van der Waals surface area contributed by atoms with Crippen molar-refractivity contribution in [2.24, 2.45) is 0 Å². The van der Waals surface area contributed by atoms with Crippen LogP contribution in [-0.2, 0) is 6.18 Å². The Morgan fingerprint density at radius 1 is 1.16 bits per heavy atom. The highest BCUT2D eigenvalue weighted by molar-refractivity contribution is 6.00. The standard InChI is InChI=1S/C18H19F3N2O2/c1-2-13(11-24)23-17(25)15-8-3-4-9-16(15)22-14-7-5-6-12(10-14)18(19,20)21/h3-10,13,22,24H,2,11H2,1H3,(H,23,25). The Kier molecular flexibility index (Phi) is 6.03. The van der Waals surface area contributed by atoms with E-state index in [2.05, 4.69) is 10.6 Å². The third-order valence-electron chi connectivity index (χ3n) is 3.69. The van der Waals surface area contributed by atoms with Gasteiger partial charge in [0.15, 0.2) is 0 Å². The molecule has 134 valence electrons. The van der Waals surface area contributed by atoms with E-state index < -0.39 is 17.6 Å². The number of benzene rings is 2. The van der Waals surface area contributed by atoms with Crippen molar-refractivity contribution >= 4 is 17.3 Å². The summed E-state index contributed by atoms with van der Waals surface area (Å²) in [6, 6.07) is 10.9. The topological polar surface area (TPSA) is 61.4 Å². The minimum atomic E-state index is -4.44. The van der Waals surface area contributed by atoms with E-state index >= 15 is 0 Å². The van der Waals surface area contributed by atoms with E-state index in [4.69, 9.17) is 0 Å². The maximum Gasteiger partial charge on any atom is 0.416 e. The second kappa shape index (κ2) is 8.02. The summed E-state index contributed by atoms with van der Waals surface area (Å²) < 4.78 is 38.5. The lowest BCUT2D eigenvalue weighted by Crippen LogP contribution is -2.37. The molecule has 0 aliphatic rings.